The van der Waals surface area contributed by atoms with Crippen molar-refractivity contribution in [2.75, 3.05) is 0 Å². The van der Waals surface area contributed by atoms with Crippen molar-refractivity contribution in [3.63, 3.8) is 0 Å². The number of carboxylic acid groups (broad SMARTS) is 1. The summed E-state index contributed by atoms with van der Waals surface area (Å²) in [7, 11) is 0. The summed E-state index contributed by atoms with van der Waals surface area (Å²) in [6.07, 6.45) is 5.64. The second-order valence-corrected chi connectivity index (χ2v) is 5.75. The molecule has 0 radical (unpaired) electrons. The molecule has 2 unspecified atom stereocenters. The van der Waals surface area contributed by atoms with E-state index in [0.29, 0.717) is 5.92 Å². The number of urea groups is 1. The van der Waals surface area contributed by atoms with Crippen LogP contribution in [0, 0.1) is 5.92 Å². The van der Waals surface area contributed by atoms with Crippen LogP contribution >= 0.6 is 0 Å². The molecule has 1 fully saturated rings. The van der Waals surface area contributed by atoms with E-state index < -0.39 is 11.5 Å². The van der Waals surface area contributed by atoms with Crippen LogP contribution in [0.4, 0.5) is 4.79 Å². The zero-order chi connectivity index (χ0) is 13.8. The minimum Gasteiger partial charge on any atom is -0.480 e. The predicted octanol–water partition coefficient (Wildman–Crippen LogP) is 2.12. The van der Waals surface area contributed by atoms with Crippen LogP contribution in [0.3, 0.4) is 0 Å². The molecule has 0 aliphatic heterocycles. The van der Waals surface area contributed by atoms with Gasteiger partial charge in [0.05, 0.1) is 0 Å². The summed E-state index contributed by atoms with van der Waals surface area (Å²) in [6.45, 7) is 5.09. The molecule has 3 N–H and O–H groups in total. The molecular weight excluding hydrogens is 232 g/mol. The van der Waals surface area contributed by atoms with Gasteiger partial charge in [0.25, 0.3) is 0 Å². The Morgan fingerprint density at radius 2 is 1.78 bits per heavy atom. The first-order valence-corrected chi connectivity index (χ1v) is 6.65. The molecule has 1 aliphatic carbocycles. The van der Waals surface area contributed by atoms with Gasteiger partial charge < -0.3 is 15.7 Å². The number of aliphatic carboxylic acids is 1. The van der Waals surface area contributed by atoms with Gasteiger partial charge in [-0.25, -0.2) is 9.59 Å². The minimum absolute atomic E-state index is 0.150. The van der Waals surface area contributed by atoms with Crippen molar-refractivity contribution in [2.45, 2.75) is 64.5 Å². The Morgan fingerprint density at radius 3 is 2.39 bits per heavy atom. The third kappa shape index (κ3) is 4.20. The summed E-state index contributed by atoms with van der Waals surface area (Å²) in [5, 5.41) is 14.4. The van der Waals surface area contributed by atoms with Crippen LogP contribution in [0.25, 0.3) is 0 Å². The fraction of sp³-hybridized carbons (Fsp3) is 0.846. The van der Waals surface area contributed by atoms with Crippen molar-refractivity contribution in [3.05, 3.63) is 0 Å². The average molecular weight is 256 g/mol. The highest BCUT2D eigenvalue weighted by Gasteiger charge is 2.30. The molecular formula is C13H24N2O3. The van der Waals surface area contributed by atoms with E-state index in [1.807, 2.05) is 0 Å². The Balaban J connectivity index is 2.50. The molecule has 0 aromatic rings. The van der Waals surface area contributed by atoms with Crippen LogP contribution in [0.15, 0.2) is 0 Å². The molecule has 0 spiro atoms. The molecule has 5 heteroatoms. The van der Waals surface area contributed by atoms with Crippen LogP contribution in [0.2, 0.25) is 0 Å². The molecule has 0 aromatic heterocycles. The molecule has 0 aromatic carbocycles. The molecule has 1 saturated carbocycles. The molecule has 0 heterocycles. The lowest BCUT2D eigenvalue weighted by molar-refractivity contribution is -0.142. The van der Waals surface area contributed by atoms with E-state index in [4.69, 9.17) is 5.11 Å². The highest BCUT2D eigenvalue weighted by atomic mass is 16.4. The van der Waals surface area contributed by atoms with Crippen molar-refractivity contribution in [1.82, 2.24) is 10.6 Å². The Kier molecular flexibility index (Phi) is 4.99. The molecule has 104 valence electrons. The van der Waals surface area contributed by atoms with Gasteiger partial charge in [0.1, 0.15) is 5.54 Å². The summed E-state index contributed by atoms with van der Waals surface area (Å²) in [6, 6.07) is -0.238. The van der Waals surface area contributed by atoms with Gasteiger partial charge in [0, 0.05) is 6.04 Å². The van der Waals surface area contributed by atoms with Gasteiger partial charge in [-0.15, -0.1) is 0 Å². The largest absolute Gasteiger partial charge is 0.480 e. The maximum atomic E-state index is 11.8. The standard InChI is InChI=1S/C13H24N2O3/c1-9-7-5-4-6-8-10(9)14-12(18)15-13(2,3)11(16)17/h9-10H,4-8H2,1-3H3,(H,16,17)(H2,14,15,18). The first-order chi connectivity index (χ1) is 8.33. The molecule has 2 atom stereocenters. The SMILES string of the molecule is CC1CCCCCC1NC(=O)NC(C)(C)C(=O)O. The zero-order valence-corrected chi connectivity index (χ0v) is 11.5. The van der Waals surface area contributed by atoms with E-state index in [2.05, 4.69) is 17.6 Å². The number of hydrogen-bond donors (Lipinski definition) is 3. The summed E-state index contributed by atoms with van der Waals surface area (Å²) < 4.78 is 0. The van der Waals surface area contributed by atoms with Crippen LogP contribution in [-0.4, -0.2) is 28.7 Å². The normalized spacial score (nSPS) is 25.1. The van der Waals surface area contributed by atoms with Crippen LogP contribution < -0.4 is 10.6 Å². The number of nitrogens with one attached hydrogen (secondary N) is 2. The van der Waals surface area contributed by atoms with Gasteiger partial charge >= 0.3 is 12.0 Å². The lowest BCUT2D eigenvalue weighted by Crippen LogP contribution is -2.55. The molecule has 0 saturated heterocycles. The molecule has 1 aliphatic rings. The number of hydrogen-bond acceptors (Lipinski definition) is 2. The summed E-state index contributed by atoms with van der Waals surface area (Å²) in [5.74, 6) is -0.585. The summed E-state index contributed by atoms with van der Waals surface area (Å²) in [4.78, 5) is 22.7. The fourth-order valence-corrected chi connectivity index (χ4v) is 2.25. The van der Waals surface area contributed by atoms with Crippen LogP contribution in [-0.2, 0) is 4.79 Å². The van der Waals surface area contributed by atoms with Gasteiger partial charge in [-0.3, -0.25) is 0 Å². The second kappa shape index (κ2) is 6.07. The van der Waals surface area contributed by atoms with E-state index in [-0.39, 0.29) is 12.1 Å². The number of amides is 2. The highest BCUT2D eigenvalue weighted by molar-refractivity contribution is 5.85. The predicted molar refractivity (Wildman–Crippen MR) is 69.4 cm³/mol. The molecule has 2 amide bonds. The van der Waals surface area contributed by atoms with Gasteiger partial charge in [-0.1, -0.05) is 26.2 Å². The van der Waals surface area contributed by atoms with Crippen molar-refractivity contribution >= 4 is 12.0 Å². The molecule has 1 rings (SSSR count). The van der Waals surface area contributed by atoms with Crippen molar-refractivity contribution in [1.29, 1.82) is 0 Å². The lowest BCUT2D eigenvalue weighted by atomic mass is 9.97. The van der Waals surface area contributed by atoms with Gasteiger partial charge in [0.15, 0.2) is 0 Å². The number of carbonyl (C=O) groups excluding carboxylic acids is 1. The van der Waals surface area contributed by atoms with Gasteiger partial charge in [0.2, 0.25) is 0 Å². The smallest absolute Gasteiger partial charge is 0.328 e. The Bertz CT molecular complexity index is 315. The number of carboxylic acids is 1. The van der Waals surface area contributed by atoms with Crippen LogP contribution in [0.5, 0.6) is 0 Å². The molecule has 18 heavy (non-hydrogen) atoms. The molecule has 5 nitrogen and oxygen atoms in total. The maximum absolute atomic E-state index is 11.8. The van der Waals surface area contributed by atoms with E-state index in [1.165, 1.54) is 26.7 Å². The van der Waals surface area contributed by atoms with E-state index in [1.54, 1.807) is 0 Å². The van der Waals surface area contributed by atoms with E-state index in [0.717, 1.165) is 19.3 Å². The minimum atomic E-state index is -1.24. The van der Waals surface area contributed by atoms with Gasteiger partial charge in [-0.2, -0.15) is 0 Å². The molecule has 0 bridgehead atoms. The lowest BCUT2D eigenvalue weighted by Gasteiger charge is -2.26. The quantitative estimate of drug-likeness (QED) is 0.677. The first-order valence-electron chi connectivity index (χ1n) is 6.65. The van der Waals surface area contributed by atoms with E-state index in [9.17, 15) is 9.59 Å². The first kappa shape index (κ1) is 14.8. The van der Waals surface area contributed by atoms with Gasteiger partial charge in [-0.05, 0) is 32.6 Å². The Morgan fingerprint density at radius 1 is 1.17 bits per heavy atom. The third-order valence-electron chi connectivity index (χ3n) is 3.64. The topological polar surface area (TPSA) is 78.4 Å². The van der Waals surface area contributed by atoms with Crippen molar-refractivity contribution in [3.8, 4) is 0 Å². The van der Waals surface area contributed by atoms with E-state index >= 15 is 0 Å². The fourth-order valence-electron chi connectivity index (χ4n) is 2.25. The summed E-state index contributed by atoms with van der Waals surface area (Å²) in [5.41, 5.74) is -1.24. The van der Waals surface area contributed by atoms with Crippen molar-refractivity contribution in [2.24, 2.45) is 5.92 Å². The average Bonchev–Trinajstić information content (AvgIpc) is 2.43. The highest BCUT2D eigenvalue weighted by Crippen LogP contribution is 2.22. The third-order valence-corrected chi connectivity index (χ3v) is 3.64. The van der Waals surface area contributed by atoms with Crippen molar-refractivity contribution < 1.29 is 14.7 Å². The Labute approximate surface area is 108 Å². The van der Waals surface area contributed by atoms with Crippen LogP contribution in [0.1, 0.15) is 52.9 Å². The zero-order valence-electron chi connectivity index (χ0n) is 11.5. The second-order valence-electron chi connectivity index (χ2n) is 5.75. The Hall–Kier alpha value is -1.26. The maximum Gasteiger partial charge on any atom is 0.328 e. The summed E-state index contributed by atoms with van der Waals surface area (Å²) >= 11 is 0. The number of carbonyl (C=O) groups is 2. The number of rotatable bonds is 3. The monoisotopic (exact) mass is 256 g/mol.